The Morgan fingerprint density at radius 3 is 1.30 bits per heavy atom. The van der Waals surface area contributed by atoms with Gasteiger partial charge in [0.25, 0.3) is 0 Å². The molecular formula is C22H43BrO4. The predicted octanol–water partition coefficient (Wildman–Crippen LogP) is 6.21. The number of halogens is 1. The van der Waals surface area contributed by atoms with E-state index in [0.717, 1.165) is 50.3 Å². The predicted molar refractivity (Wildman–Crippen MR) is 117 cm³/mol. The van der Waals surface area contributed by atoms with Gasteiger partial charge < -0.3 is 15.3 Å². The van der Waals surface area contributed by atoms with Crippen molar-refractivity contribution >= 4 is 21.9 Å². The van der Waals surface area contributed by atoms with Crippen LogP contribution in [0, 0.1) is 0 Å². The van der Waals surface area contributed by atoms with Crippen LogP contribution in [-0.2, 0) is 4.79 Å². The third kappa shape index (κ3) is 20.4. The maximum Gasteiger partial charge on any atom is 0.303 e. The quantitative estimate of drug-likeness (QED) is 0.143. The summed E-state index contributed by atoms with van der Waals surface area (Å²) in [5, 5.41) is 29.8. The minimum atomic E-state index is -0.727. The van der Waals surface area contributed by atoms with Crippen LogP contribution in [0.15, 0.2) is 0 Å². The van der Waals surface area contributed by atoms with Crippen molar-refractivity contribution in [3.63, 3.8) is 0 Å². The number of hydrogen-bond acceptors (Lipinski definition) is 3. The highest BCUT2D eigenvalue weighted by molar-refractivity contribution is 9.09. The molecule has 0 bridgehead atoms. The monoisotopic (exact) mass is 450 g/mol. The fourth-order valence-corrected chi connectivity index (χ4v) is 3.80. The molecule has 3 N–H and O–H groups in total. The van der Waals surface area contributed by atoms with Crippen LogP contribution < -0.4 is 0 Å². The Kier molecular flexibility index (Phi) is 20.5. The molecule has 0 saturated carbocycles. The van der Waals surface area contributed by atoms with Crippen molar-refractivity contribution in [3.8, 4) is 0 Å². The number of carbonyl (C=O) groups is 1. The van der Waals surface area contributed by atoms with Gasteiger partial charge in [-0.3, -0.25) is 4.79 Å². The maximum atomic E-state index is 10.4. The van der Waals surface area contributed by atoms with Crippen LogP contribution in [0.3, 0.4) is 0 Å². The Balaban J connectivity index is 3.33. The molecule has 0 radical (unpaired) electrons. The number of alkyl halides is 1. The molecule has 0 aromatic heterocycles. The molecule has 0 amide bonds. The first-order valence-electron chi connectivity index (χ1n) is 11.2. The number of aliphatic hydroxyl groups is 2. The fourth-order valence-electron chi connectivity index (χ4n) is 3.41. The van der Waals surface area contributed by atoms with Crippen molar-refractivity contribution in [2.45, 2.75) is 128 Å². The Morgan fingerprint density at radius 1 is 0.593 bits per heavy atom. The van der Waals surface area contributed by atoms with E-state index in [1.54, 1.807) is 0 Å². The number of carboxylic acid groups (broad SMARTS) is 1. The zero-order valence-corrected chi connectivity index (χ0v) is 18.8. The lowest BCUT2D eigenvalue weighted by atomic mass is 9.99. The van der Waals surface area contributed by atoms with Crippen LogP contribution in [0.1, 0.15) is 116 Å². The molecule has 2 unspecified atom stereocenters. The van der Waals surface area contributed by atoms with Crippen molar-refractivity contribution in [2.75, 3.05) is 5.33 Å². The largest absolute Gasteiger partial charge is 0.481 e. The average molecular weight is 451 g/mol. The first kappa shape index (κ1) is 26.9. The first-order chi connectivity index (χ1) is 13.1. The molecule has 0 aromatic carbocycles. The Bertz CT molecular complexity index is 325. The molecule has 0 rings (SSSR count). The van der Waals surface area contributed by atoms with Crippen molar-refractivity contribution in [1.29, 1.82) is 0 Å². The molecule has 162 valence electrons. The van der Waals surface area contributed by atoms with Crippen LogP contribution in [0.4, 0.5) is 0 Å². The van der Waals surface area contributed by atoms with Gasteiger partial charge in [0.1, 0.15) is 0 Å². The van der Waals surface area contributed by atoms with E-state index in [0.29, 0.717) is 12.8 Å². The average Bonchev–Trinajstić information content (AvgIpc) is 2.64. The molecule has 0 aromatic rings. The first-order valence-corrected chi connectivity index (χ1v) is 12.3. The normalized spacial score (nSPS) is 13.6. The molecule has 0 fully saturated rings. The van der Waals surface area contributed by atoms with Crippen LogP contribution in [0.25, 0.3) is 0 Å². The second kappa shape index (κ2) is 20.6. The summed E-state index contributed by atoms with van der Waals surface area (Å²) in [4.78, 5) is 10.4. The van der Waals surface area contributed by atoms with Crippen molar-refractivity contribution in [3.05, 3.63) is 0 Å². The SMILES string of the molecule is O=C(O)CCCCCCCC(O)C(O)CCCCCCCCCCCCBr. The lowest BCUT2D eigenvalue weighted by molar-refractivity contribution is -0.137. The second-order valence-corrected chi connectivity index (χ2v) is 8.64. The third-order valence-corrected chi connectivity index (χ3v) is 5.78. The summed E-state index contributed by atoms with van der Waals surface area (Å²) in [6, 6.07) is 0. The maximum absolute atomic E-state index is 10.4. The summed E-state index contributed by atoms with van der Waals surface area (Å²) in [6.45, 7) is 0. The van der Waals surface area contributed by atoms with Gasteiger partial charge in [0.15, 0.2) is 0 Å². The standard InChI is InChI=1S/C22H43BrO4/c23-19-15-11-6-4-2-1-3-5-8-12-16-20(24)21(25)17-13-9-7-10-14-18-22(26)27/h20-21,24-25H,1-19H2,(H,26,27). The molecular weight excluding hydrogens is 408 g/mol. The summed E-state index contributed by atoms with van der Waals surface area (Å²) in [5.74, 6) is -0.727. The molecule has 0 aliphatic rings. The highest BCUT2D eigenvalue weighted by Crippen LogP contribution is 2.16. The van der Waals surface area contributed by atoms with E-state index < -0.39 is 18.2 Å². The zero-order valence-electron chi connectivity index (χ0n) is 17.2. The zero-order chi connectivity index (χ0) is 20.2. The highest BCUT2D eigenvalue weighted by Gasteiger charge is 2.15. The topological polar surface area (TPSA) is 77.8 Å². The van der Waals surface area contributed by atoms with Gasteiger partial charge in [-0.05, 0) is 25.7 Å². The van der Waals surface area contributed by atoms with Crippen LogP contribution in [0.2, 0.25) is 0 Å². The molecule has 0 saturated heterocycles. The van der Waals surface area contributed by atoms with Gasteiger partial charge in [-0.25, -0.2) is 0 Å². The lowest BCUT2D eigenvalue weighted by Crippen LogP contribution is -2.25. The third-order valence-electron chi connectivity index (χ3n) is 5.22. The number of unbranched alkanes of at least 4 members (excludes halogenated alkanes) is 13. The molecule has 27 heavy (non-hydrogen) atoms. The summed E-state index contributed by atoms with van der Waals surface area (Å²) in [5.41, 5.74) is 0. The summed E-state index contributed by atoms with van der Waals surface area (Å²) < 4.78 is 0. The number of carboxylic acids is 1. The van der Waals surface area contributed by atoms with Gasteiger partial charge in [-0.2, -0.15) is 0 Å². The summed E-state index contributed by atoms with van der Waals surface area (Å²) in [7, 11) is 0. The molecule has 5 heteroatoms. The second-order valence-electron chi connectivity index (χ2n) is 7.85. The van der Waals surface area contributed by atoms with Crippen LogP contribution in [0.5, 0.6) is 0 Å². The van der Waals surface area contributed by atoms with Gasteiger partial charge in [0.2, 0.25) is 0 Å². The van der Waals surface area contributed by atoms with E-state index in [2.05, 4.69) is 15.9 Å². The fraction of sp³-hybridized carbons (Fsp3) is 0.955. The molecule has 0 spiro atoms. The van der Waals surface area contributed by atoms with E-state index in [1.807, 2.05) is 0 Å². The van der Waals surface area contributed by atoms with Crippen molar-refractivity contribution in [1.82, 2.24) is 0 Å². The van der Waals surface area contributed by atoms with Crippen LogP contribution in [-0.4, -0.2) is 38.8 Å². The highest BCUT2D eigenvalue weighted by atomic mass is 79.9. The minimum absolute atomic E-state index is 0.249. The molecule has 0 heterocycles. The number of aliphatic hydroxyl groups excluding tert-OH is 2. The van der Waals surface area contributed by atoms with E-state index in [9.17, 15) is 15.0 Å². The smallest absolute Gasteiger partial charge is 0.303 e. The van der Waals surface area contributed by atoms with Gasteiger partial charge in [-0.15, -0.1) is 0 Å². The molecule has 0 aliphatic carbocycles. The number of rotatable bonds is 21. The van der Waals surface area contributed by atoms with Crippen LogP contribution >= 0.6 is 15.9 Å². The summed E-state index contributed by atoms with van der Waals surface area (Å²) >= 11 is 3.46. The molecule has 4 nitrogen and oxygen atoms in total. The Labute approximate surface area is 175 Å². The Morgan fingerprint density at radius 2 is 0.926 bits per heavy atom. The van der Waals surface area contributed by atoms with E-state index in [1.165, 1.54) is 51.4 Å². The van der Waals surface area contributed by atoms with Gasteiger partial charge in [0.05, 0.1) is 12.2 Å². The summed E-state index contributed by atoms with van der Waals surface area (Å²) in [6.07, 6.45) is 17.7. The van der Waals surface area contributed by atoms with Gasteiger partial charge in [-0.1, -0.05) is 99.4 Å². The number of hydrogen-bond donors (Lipinski definition) is 3. The van der Waals surface area contributed by atoms with Gasteiger partial charge in [0, 0.05) is 11.8 Å². The number of aliphatic carboxylic acids is 1. The van der Waals surface area contributed by atoms with Crippen molar-refractivity contribution in [2.24, 2.45) is 0 Å². The van der Waals surface area contributed by atoms with E-state index >= 15 is 0 Å². The van der Waals surface area contributed by atoms with E-state index in [4.69, 9.17) is 5.11 Å². The lowest BCUT2D eigenvalue weighted by Gasteiger charge is -2.17. The Hall–Kier alpha value is -0.130. The van der Waals surface area contributed by atoms with Crippen molar-refractivity contribution < 1.29 is 20.1 Å². The van der Waals surface area contributed by atoms with E-state index in [-0.39, 0.29) is 6.42 Å². The van der Waals surface area contributed by atoms with Gasteiger partial charge >= 0.3 is 5.97 Å². The minimum Gasteiger partial charge on any atom is -0.481 e. The molecule has 2 atom stereocenters. The molecule has 0 aliphatic heterocycles.